The van der Waals surface area contributed by atoms with Gasteiger partial charge in [0.2, 0.25) is 0 Å². The minimum absolute atomic E-state index is 0.226. The Morgan fingerprint density at radius 2 is 1.85 bits per heavy atom. The van der Waals surface area contributed by atoms with Crippen molar-refractivity contribution in [1.82, 2.24) is 4.90 Å². The number of esters is 1. The Bertz CT molecular complexity index is 917. The van der Waals surface area contributed by atoms with Crippen molar-refractivity contribution in [3.05, 3.63) is 35.4 Å². The number of benzene rings is 1. The van der Waals surface area contributed by atoms with Gasteiger partial charge in [-0.1, -0.05) is 6.08 Å². The van der Waals surface area contributed by atoms with E-state index in [4.69, 9.17) is 9.47 Å². The van der Waals surface area contributed by atoms with Crippen LogP contribution >= 0.6 is 0 Å². The summed E-state index contributed by atoms with van der Waals surface area (Å²) in [4.78, 5) is 25.1. The van der Waals surface area contributed by atoms with Crippen LogP contribution in [0, 0.1) is 11.6 Å². The fourth-order valence-electron chi connectivity index (χ4n) is 3.84. The molecule has 1 fully saturated rings. The lowest BCUT2D eigenvalue weighted by Crippen LogP contribution is -2.37. The predicted octanol–water partition coefficient (Wildman–Crippen LogP) is 5.03. The third-order valence-corrected chi connectivity index (χ3v) is 5.56. The highest BCUT2D eigenvalue weighted by Gasteiger charge is 2.45. The molecule has 0 saturated carbocycles. The molecule has 7 nitrogen and oxygen atoms in total. The van der Waals surface area contributed by atoms with E-state index >= 15 is 0 Å². The highest BCUT2D eigenvalue weighted by atomic mass is 19.3. The zero-order valence-corrected chi connectivity index (χ0v) is 18.8. The number of rotatable bonds is 8. The van der Waals surface area contributed by atoms with E-state index in [1.54, 1.807) is 11.0 Å². The van der Waals surface area contributed by atoms with Gasteiger partial charge in [-0.2, -0.15) is 8.78 Å². The summed E-state index contributed by atoms with van der Waals surface area (Å²) in [6.45, 7) is 2.07. The molecule has 1 unspecified atom stereocenters. The molecule has 2 aliphatic rings. The van der Waals surface area contributed by atoms with Gasteiger partial charge in [-0.15, -0.1) is 0 Å². The predicted molar refractivity (Wildman–Crippen MR) is 112 cm³/mol. The quantitative estimate of drug-likeness (QED) is 0.290. The number of nitrogens with zero attached hydrogens (tertiary/aromatic N) is 1. The SMILES string of the molecule is CCOC(=O)C(F)(F)Oc1c(F)cc(F)cc1C1=CCC(OCOC(=O)N2CCCCC2)CC1. The standard InChI is InChI=1S/C23H27F4NO6/c1-2-31-21(29)23(26,27)34-20-18(12-16(24)13-19(20)25)15-6-8-17(9-7-15)32-14-33-22(30)28-10-4-3-5-11-28/h6,12-13,17H,2-5,7-11,14H2,1H3. The zero-order chi connectivity index (χ0) is 24.7. The molecule has 1 amide bonds. The monoisotopic (exact) mass is 489 g/mol. The average Bonchev–Trinajstić information content (AvgIpc) is 2.82. The van der Waals surface area contributed by atoms with Crippen LogP contribution in [-0.2, 0) is 19.0 Å². The van der Waals surface area contributed by atoms with Crippen molar-refractivity contribution < 1.29 is 46.1 Å². The van der Waals surface area contributed by atoms with Gasteiger partial charge in [0.1, 0.15) is 5.82 Å². The van der Waals surface area contributed by atoms with Gasteiger partial charge < -0.3 is 23.8 Å². The normalized spacial score (nSPS) is 18.8. The Labute approximate surface area is 194 Å². The molecule has 1 aliphatic carbocycles. The lowest BCUT2D eigenvalue weighted by atomic mass is 9.91. The number of hydrogen-bond donors (Lipinski definition) is 0. The minimum Gasteiger partial charge on any atom is -0.459 e. The Hall–Kier alpha value is -2.82. The Morgan fingerprint density at radius 1 is 1.12 bits per heavy atom. The molecule has 1 heterocycles. The highest BCUT2D eigenvalue weighted by molar-refractivity contribution is 5.77. The summed E-state index contributed by atoms with van der Waals surface area (Å²) >= 11 is 0. The number of allylic oxidation sites excluding steroid dienone is 1. The molecule has 0 N–H and O–H groups in total. The van der Waals surface area contributed by atoms with Gasteiger partial charge in [-0.25, -0.2) is 18.4 Å². The van der Waals surface area contributed by atoms with Crippen molar-refractivity contribution in [2.24, 2.45) is 0 Å². The number of amides is 1. The van der Waals surface area contributed by atoms with Crippen LogP contribution in [0.2, 0.25) is 0 Å². The summed E-state index contributed by atoms with van der Waals surface area (Å²) in [5.74, 6) is -5.28. The Kier molecular flexibility index (Phi) is 8.76. The number of alkyl halides is 2. The van der Waals surface area contributed by atoms with Crippen molar-refractivity contribution in [1.29, 1.82) is 0 Å². The maximum atomic E-state index is 14.4. The molecule has 0 spiro atoms. The molecular weight excluding hydrogens is 462 g/mol. The number of piperidine rings is 1. The first-order valence-electron chi connectivity index (χ1n) is 11.2. The van der Waals surface area contributed by atoms with Crippen LogP contribution in [0.3, 0.4) is 0 Å². The molecule has 34 heavy (non-hydrogen) atoms. The van der Waals surface area contributed by atoms with Gasteiger partial charge in [0, 0.05) is 24.7 Å². The summed E-state index contributed by atoms with van der Waals surface area (Å²) in [6, 6.07) is 1.26. The largest absolute Gasteiger partial charge is 0.502 e. The van der Waals surface area contributed by atoms with Gasteiger partial charge in [0.15, 0.2) is 18.4 Å². The van der Waals surface area contributed by atoms with Gasteiger partial charge in [0.05, 0.1) is 12.7 Å². The van der Waals surface area contributed by atoms with Crippen LogP contribution in [0.15, 0.2) is 18.2 Å². The number of hydrogen-bond acceptors (Lipinski definition) is 6. The molecule has 0 aromatic heterocycles. The van der Waals surface area contributed by atoms with Crippen molar-refractivity contribution in [3.63, 3.8) is 0 Å². The third-order valence-electron chi connectivity index (χ3n) is 5.56. The number of carbonyl (C=O) groups is 2. The van der Waals surface area contributed by atoms with Crippen LogP contribution in [-0.4, -0.2) is 55.7 Å². The summed E-state index contributed by atoms with van der Waals surface area (Å²) in [7, 11) is 0. The highest BCUT2D eigenvalue weighted by Crippen LogP contribution is 2.38. The van der Waals surface area contributed by atoms with Crippen LogP contribution in [0.5, 0.6) is 5.75 Å². The minimum atomic E-state index is -4.46. The summed E-state index contributed by atoms with van der Waals surface area (Å²) in [6.07, 6.45) is 0.227. The molecule has 1 aromatic rings. The third kappa shape index (κ3) is 6.62. The van der Waals surface area contributed by atoms with Crippen LogP contribution in [0.1, 0.15) is 51.0 Å². The summed E-state index contributed by atoms with van der Waals surface area (Å²) in [5, 5.41) is 0. The molecule has 0 bridgehead atoms. The maximum Gasteiger partial charge on any atom is 0.502 e. The second-order valence-corrected chi connectivity index (χ2v) is 7.97. The number of likely N-dealkylation sites (tertiary alicyclic amines) is 1. The fraction of sp³-hybridized carbons (Fsp3) is 0.565. The molecule has 1 aromatic carbocycles. The summed E-state index contributed by atoms with van der Waals surface area (Å²) < 4.78 is 75.7. The van der Waals surface area contributed by atoms with E-state index in [-0.39, 0.29) is 31.5 Å². The van der Waals surface area contributed by atoms with Gasteiger partial charge in [0.25, 0.3) is 0 Å². The van der Waals surface area contributed by atoms with E-state index in [9.17, 15) is 27.2 Å². The van der Waals surface area contributed by atoms with Crippen molar-refractivity contribution in [2.75, 3.05) is 26.5 Å². The second kappa shape index (κ2) is 11.5. The number of ether oxygens (including phenoxy) is 4. The molecule has 3 rings (SSSR count). The molecule has 1 atom stereocenters. The maximum absolute atomic E-state index is 14.4. The van der Waals surface area contributed by atoms with E-state index in [1.165, 1.54) is 6.92 Å². The molecule has 0 radical (unpaired) electrons. The molecule has 1 aliphatic heterocycles. The van der Waals surface area contributed by atoms with E-state index in [2.05, 4.69) is 9.47 Å². The Balaban J connectivity index is 1.63. The first-order chi connectivity index (χ1) is 16.2. The van der Waals surface area contributed by atoms with Gasteiger partial charge >= 0.3 is 18.2 Å². The lowest BCUT2D eigenvalue weighted by molar-refractivity contribution is -0.217. The lowest BCUT2D eigenvalue weighted by Gasteiger charge is -2.27. The van der Waals surface area contributed by atoms with Crippen LogP contribution < -0.4 is 4.74 Å². The van der Waals surface area contributed by atoms with Crippen molar-refractivity contribution in [2.45, 2.75) is 57.7 Å². The van der Waals surface area contributed by atoms with Gasteiger partial charge in [-0.3, -0.25) is 0 Å². The van der Waals surface area contributed by atoms with E-state index < -0.39 is 35.6 Å². The number of carbonyl (C=O) groups excluding carboxylic acids is 2. The molecule has 11 heteroatoms. The molecular formula is C23H27F4NO6. The molecule has 188 valence electrons. The first kappa shape index (κ1) is 25.8. The summed E-state index contributed by atoms with van der Waals surface area (Å²) in [5.41, 5.74) is 0.134. The average molecular weight is 489 g/mol. The van der Waals surface area contributed by atoms with Crippen molar-refractivity contribution >= 4 is 17.6 Å². The second-order valence-electron chi connectivity index (χ2n) is 7.97. The Morgan fingerprint density at radius 3 is 2.50 bits per heavy atom. The topological polar surface area (TPSA) is 74.3 Å². The first-order valence-corrected chi connectivity index (χ1v) is 11.2. The smallest absolute Gasteiger partial charge is 0.459 e. The van der Waals surface area contributed by atoms with E-state index in [0.717, 1.165) is 25.3 Å². The molecule has 1 saturated heterocycles. The van der Waals surface area contributed by atoms with E-state index in [1.807, 2.05) is 0 Å². The fourth-order valence-corrected chi connectivity index (χ4v) is 3.84. The van der Waals surface area contributed by atoms with Crippen LogP contribution in [0.25, 0.3) is 5.57 Å². The van der Waals surface area contributed by atoms with E-state index in [0.29, 0.717) is 37.6 Å². The van der Waals surface area contributed by atoms with Crippen molar-refractivity contribution in [3.8, 4) is 5.75 Å². The zero-order valence-electron chi connectivity index (χ0n) is 18.8. The van der Waals surface area contributed by atoms with Gasteiger partial charge in [-0.05, 0) is 57.1 Å². The number of halogens is 4. The van der Waals surface area contributed by atoms with Crippen LogP contribution in [0.4, 0.5) is 22.4 Å².